The highest BCUT2D eigenvalue weighted by Gasteiger charge is 2.12. The molecule has 8 nitrogen and oxygen atoms in total. The third-order valence-electron chi connectivity index (χ3n) is 6.66. The Morgan fingerprint density at radius 3 is 2.10 bits per heavy atom. The highest BCUT2D eigenvalue weighted by atomic mass is 32.3. The summed E-state index contributed by atoms with van der Waals surface area (Å²) in [6.07, 6.45) is 4.33. The van der Waals surface area contributed by atoms with Crippen molar-refractivity contribution in [1.82, 2.24) is 4.98 Å². The first kappa shape index (κ1) is 29.7. The number of rotatable bonds is 7. The number of hydrogen-bond acceptors (Lipinski definition) is 7. The number of pyridine rings is 2. The lowest BCUT2D eigenvalue weighted by atomic mass is 10.1. The summed E-state index contributed by atoms with van der Waals surface area (Å²) in [5.74, 6) is 0.895. The number of nitrogens with zero attached hydrogens (tertiary/aromatic N) is 3. The van der Waals surface area contributed by atoms with Gasteiger partial charge in [0.05, 0.1) is 24.6 Å². The van der Waals surface area contributed by atoms with Gasteiger partial charge in [-0.1, -0.05) is 18.2 Å². The first-order chi connectivity index (χ1) is 19.6. The second kappa shape index (κ2) is 12.9. The van der Waals surface area contributed by atoms with Gasteiger partial charge in [-0.05, 0) is 80.1 Å². The van der Waals surface area contributed by atoms with E-state index in [1.165, 1.54) is 16.3 Å². The molecule has 5 aromatic rings. The van der Waals surface area contributed by atoms with Crippen LogP contribution < -0.4 is 14.2 Å². The van der Waals surface area contributed by atoms with Crippen molar-refractivity contribution in [2.24, 2.45) is 7.05 Å². The SMILES string of the molecule is CCOc1ccc(N(C)c2ccc(/C=C/c3ccc4c5ccc(C)nc5ccc4[n+]3C)cc2)cc1.COS(=O)(=O)[O-]. The van der Waals surface area contributed by atoms with E-state index in [4.69, 9.17) is 4.74 Å². The van der Waals surface area contributed by atoms with Crippen LogP contribution in [-0.4, -0.2) is 38.7 Å². The van der Waals surface area contributed by atoms with Crippen molar-refractivity contribution >= 4 is 55.7 Å². The van der Waals surface area contributed by atoms with E-state index in [0.29, 0.717) is 6.61 Å². The molecule has 0 saturated carbocycles. The summed E-state index contributed by atoms with van der Waals surface area (Å²) in [7, 11) is 0.591. The molecule has 5 rings (SSSR count). The summed E-state index contributed by atoms with van der Waals surface area (Å²) in [4.78, 5) is 6.85. The molecule has 41 heavy (non-hydrogen) atoms. The molecule has 0 atom stereocenters. The molecular formula is C32H33N3O5S. The van der Waals surface area contributed by atoms with Gasteiger partial charge < -0.3 is 14.2 Å². The van der Waals surface area contributed by atoms with E-state index in [1.54, 1.807) is 0 Å². The average molecular weight is 572 g/mol. The van der Waals surface area contributed by atoms with Gasteiger partial charge in [0.15, 0.2) is 0 Å². The van der Waals surface area contributed by atoms with Gasteiger partial charge in [-0.3, -0.25) is 9.17 Å². The fraction of sp³-hybridized carbons (Fsp3) is 0.188. The van der Waals surface area contributed by atoms with Crippen molar-refractivity contribution in [2.75, 3.05) is 25.7 Å². The van der Waals surface area contributed by atoms with E-state index in [-0.39, 0.29) is 0 Å². The van der Waals surface area contributed by atoms with Gasteiger partial charge in [0.1, 0.15) is 12.8 Å². The number of fused-ring (bicyclic) bond motifs is 3. The Bertz CT molecular complexity index is 1790. The van der Waals surface area contributed by atoms with Crippen molar-refractivity contribution in [2.45, 2.75) is 13.8 Å². The van der Waals surface area contributed by atoms with Gasteiger partial charge in [-0.25, -0.2) is 8.42 Å². The lowest BCUT2D eigenvalue weighted by molar-refractivity contribution is -0.646. The minimum atomic E-state index is -4.41. The van der Waals surface area contributed by atoms with Crippen molar-refractivity contribution < 1.29 is 26.5 Å². The molecule has 212 valence electrons. The summed E-state index contributed by atoms with van der Waals surface area (Å²) in [5, 5.41) is 2.41. The average Bonchev–Trinajstić information content (AvgIpc) is 2.97. The van der Waals surface area contributed by atoms with Crippen molar-refractivity contribution in [3.05, 3.63) is 102 Å². The number of aromatic nitrogens is 2. The van der Waals surface area contributed by atoms with Crippen LogP contribution in [0, 0.1) is 6.92 Å². The fourth-order valence-corrected chi connectivity index (χ4v) is 4.44. The van der Waals surface area contributed by atoms with Crippen molar-refractivity contribution in [1.29, 1.82) is 0 Å². The first-order valence-corrected chi connectivity index (χ1v) is 14.4. The van der Waals surface area contributed by atoms with E-state index in [2.05, 4.69) is 118 Å². The maximum atomic E-state index is 9.22. The summed E-state index contributed by atoms with van der Waals surface area (Å²) in [5.41, 5.74) is 7.84. The lowest BCUT2D eigenvalue weighted by Crippen LogP contribution is -2.32. The summed E-state index contributed by atoms with van der Waals surface area (Å²) in [6, 6.07) is 29.7. The number of hydrogen-bond donors (Lipinski definition) is 0. The lowest BCUT2D eigenvalue weighted by Gasteiger charge is -2.20. The molecule has 0 bridgehead atoms. The molecule has 0 radical (unpaired) electrons. The molecule has 9 heteroatoms. The summed E-state index contributed by atoms with van der Waals surface area (Å²) < 4.78 is 38.8. The van der Waals surface area contributed by atoms with Crippen LogP contribution in [0.3, 0.4) is 0 Å². The molecule has 0 aliphatic rings. The number of aryl methyl sites for hydroxylation is 2. The Morgan fingerprint density at radius 2 is 1.49 bits per heavy atom. The van der Waals surface area contributed by atoms with Crippen LogP contribution in [0.5, 0.6) is 5.75 Å². The van der Waals surface area contributed by atoms with Gasteiger partial charge in [0, 0.05) is 47.7 Å². The van der Waals surface area contributed by atoms with Gasteiger partial charge >= 0.3 is 0 Å². The summed E-state index contributed by atoms with van der Waals surface area (Å²) in [6.45, 7) is 4.70. The fourth-order valence-electron chi connectivity index (χ4n) is 4.44. The Morgan fingerprint density at radius 1 is 0.878 bits per heavy atom. The molecule has 0 saturated heterocycles. The first-order valence-electron chi connectivity index (χ1n) is 13.0. The molecule has 0 aliphatic heterocycles. The van der Waals surface area contributed by atoms with E-state index in [1.807, 2.05) is 26.0 Å². The molecule has 0 N–H and O–H groups in total. The Labute approximate surface area is 241 Å². The minimum absolute atomic E-state index is 0.676. The highest BCUT2D eigenvalue weighted by Crippen LogP contribution is 2.27. The van der Waals surface area contributed by atoms with Gasteiger partial charge in [0.2, 0.25) is 21.6 Å². The topological polar surface area (TPSA) is 95.7 Å². The molecule has 0 fully saturated rings. The Kier molecular flexibility index (Phi) is 9.34. The highest BCUT2D eigenvalue weighted by molar-refractivity contribution is 7.80. The minimum Gasteiger partial charge on any atom is -0.726 e. The second-order valence-corrected chi connectivity index (χ2v) is 10.5. The van der Waals surface area contributed by atoms with Crippen LogP contribution in [0.25, 0.3) is 34.0 Å². The third-order valence-corrected chi connectivity index (χ3v) is 7.07. The monoisotopic (exact) mass is 571 g/mol. The van der Waals surface area contributed by atoms with E-state index < -0.39 is 10.4 Å². The smallest absolute Gasteiger partial charge is 0.217 e. The molecule has 2 aromatic heterocycles. The van der Waals surface area contributed by atoms with E-state index in [0.717, 1.165) is 46.7 Å². The quantitative estimate of drug-likeness (QED) is 0.103. The molecule has 0 unspecified atom stereocenters. The van der Waals surface area contributed by atoms with Gasteiger partial charge in [-0.2, -0.15) is 4.57 Å². The van der Waals surface area contributed by atoms with Crippen molar-refractivity contribution in [3.63, 3.8) is 0 Å². The van der Waals surface area contributed by atoms with E-state index >= 15 is 0 Å². The third kappa shape index (κ3) is 7.46. The molecule has 2 heterocycles. The van der Waals surface area contributed by atoms with Gasteiger partial charge in [0.25, 0.3) is 0 Å². The largest absolute Gasteiger partial charge is 0.726 e. The zero-order chi connectivity index (χ0) is 29.6. The number of ether oxygens (including phenoxy) is 1. The zero-order valence-electron chi connectivity index (χ0n) is 23.7. The van der Waals surface area contributed by atoms with Crippen LogP contribution >= 0.6 is 0 Å². The normalized spacial score (nSPS) is 11.5. The predicted octanol–water partition coefficient (Wildman–Crippen LogP) is 5.95. The molecule has 0 aliphatic carbocycles. The van der Waals surface area contributed by atoms with Crippen LogP contribution in [-0.2, 0) is 21.6 Å². The summed E-state index contributed by atoms with van der Waals surface area (Å²) >= 11 is 0. The number of anilines is 2. The number of benzene rings is 3. The second-order valence-electron chi connectivity index (χ2n) is 9.32. The zero-order valence-corrected chi connectivity index (χ0v) is 24.6. The van der Waals surface area contributed by atoms with Crippen LogP contribution in [0.1, 0.15) is 23.9 Å². The molecular weight excluding hydrogens is 538 g/mol. The Balaban J connectivity index is 0.000000585. The predicted molar refractivity (Wildman–Crippen MR) is 163 cm³/mol. The van der Waals surface area contributed by atoms with Crippen molar-refractivity contribution in [3.8, 4) is 5.75 Å². The maximum absolute atomic E-state index is 9.22. The van der Waals surface area contributed by atoms with E-state index in [9.17, 15) is 13.0 Å². The standard InChI is InChI=1S/C31H30N3O.CH4O4S/c1-5-35-27-16-13-25(14-17-27)33(3)24-10-7-23(8-11-24)9-12-26-15-19-29-28-18-6-22(2)32-30(28)20-21-31(29)34(26)4;1-5-6(2,3)4/h6-21H,5H2,1-4H3;1H3,(H,2,3,4)/q+1;/p-1. The van der Waals surface area contributed by atoms with Gasteiger partial charge in [-0.15, -0.1) is 0 Å². The van der Waals surface area contributed by atoms with Crippen LogP contribution in [0.4, 0.5) is 11.4 Å². The van der Waals surface area contributed by atoms with Crippen LogP contribution in [0.2, 0.25) is 0 Å². The van der Waals surface area contributed by atoms with Crippen LogP contribution in [0.15, 0.2) is 84.9 Å². The maximum Gasteiger partial charge on any atom is 0.217 e. The molecule has 0 amide bonds. The Hall–Kier alpha value is -4.31. The molecule has 0 spiro atoms. The molecule has 3 aromatic carbocycles.